The Morgan fingerprint density at radius 1 is 1.42 bits per heavy atom. The van der Waals surface area contributed by atoms with Crippen LogP contribution in [-0.4, -0.2) is 63.7 Å². The lowest BCUT2D eigenvalue weighted by molar-refractivity contribution is 0.134. The molecular formula is C16H23ClN2O4S. The molecule has 1 aromatic carbocycles. The van der Waals surface area contributed by atoms with E-state index in [1.807, 2.05) is 24.3 Å². The number of halogens is 1. The molecule has 8 heteroatoms. The second kappa shape index (κ2) is 8.69. The van der Waals surface area contributed by atoms with E-state index < -0.39 is 9.84 Å². The molecule has 1 fully saturated rings. The normalized spacial score (nSPS) is 19.2. The first-order valence-electron chi connectivity index (χ1n) is 7.90. The first-order chi connectivity index (χ1) is 11.4. The summed E-state index contributed by atoms with van der Waals surface area (Å²) in [7, 11) is -1.49. The molecular weight excluding hydrogens is 352 g/mol. The predicted molar refractivity (Wildman–Crippen MR) is 94.2 cm³/mol. The van der Waals surface area contributed by atoms with Crippen molar-refractivity contribution in [2.45, 2.75) is 18.9 Å². The SMILES string of the molecule is COCCN(C(=O)NCCc1ccccc1Cl)C1CCS(=O)(=O)C1. The van der Waals surface area contributed by atoms with Crippen LogP contribution >= 0.6 is 11.6 Å². The highest BCUT2D eigenvalue weighted by atomic mass is 35.5. The number of sulfone groups is 1. The summed E-state index contributed by atoms with van der Waals surface area (Å²) in [5, 5.41) is 3.52. The molecule has 0 spiro atoms. The summed E-state index contributed by atoms with van der Waals surface area (Å²) in [4.78, 5) is 14.0. The molecule has 0 aromatic heterocycles. The largest absolute Gasteiger partial charge is 0.383 e. The van der Waals surface area contributed by atoms with Gasteiger partial charge in [-0.1, -0.05) is 29.8 Å². The smallest absolute Gasteiger partial charge is 0.317 e. The number of ether oxygens (including phenoxy) is 1. The van der Waals surface area contributed by atoms with Crippen molar-refractivity contribution < 1.29 is 17.9 Å². The van der Waals surface area contributed by atoms with E-state index in [0.29, 0.717) is 37.6 Å². The fraction of sp³-hybridized carbons (Fsp3) is 0.562. The Bertz CT molecular complexity index is 666. The van der Waals surface area contributed by atoms with Gasteiger partial charge in [0, 0.05) is 31.3 Å². The van der Waals surface area contributed by atoms with Crippen molar-refractivity contribution in [3.05, 3.63) is 34.9 Å². The Labute approximate surface area is 148 Å². The van der Waals surface area contributed by atoms with Crippen LogP contribution in [0.3, 0.4) is 0 Å². The highest BCUT2D eigenvalue weighted by molar-refractivity contribution is 7.91. The van der Waals surface area contributed by atoms with Crippen LogP contribution in [0, 0.1) is 0 Å². The lowest BCUT2D eigenvalue weighted by atomic mass is 10.1. The zero-order valence-electron chi connectivity index (χ0n) is 13.7. The Morgan fingerprint density at radius 3 is 2.79 bits per heavy atom. The van der Waals surface area contributed by atoms with E-state index in [9.17, 15) is 13.2 Å². The van der Waals surface area contributed by atoms with Crippen molar-refractivity contribution in [1.29, 1.82) is 0 Å². The maximum Gasteiger partial charge on any atom is 0.317 e. The lowest BCUT2D eigenvalue weighted by Gasteiger charge is -2.28. The van der Waals surface area contributed by atoms with Gasteiger partial charge in [-0.25, -0.2) is 13.2 Å². The first-order valence-corrected chi connectivity index (χ1v) is 10.1. The van der Waals surface area contributed by atoms with Crippen LogP contribution in [0.1, 0.15) is 12.0 Å². The van der Waals surface area contributed by atoms with Gasteiger partial charge in [-0.3, -0.25) is 0 Å². The van der Waals surface area contributed by atoms with Gasteiger partial charge < -0.3 is 15.0 Å². The molecule has 1 aliphatic heterocycles. The maximum absolute atomic E-state index is 12.5. The van der Waals surface area contributed by atoms with Gasteiger partial charge in [0.25, 0.3) is 0 Å². The molecule has 0 radical (unpaired) electrons. The van der Waals surface area contributed by atoms with Crippen LogP contribution in [0.4, 0.5) is 4.79 Å². The Morgan fingerprint density at radius 2 is 2.17 bits per heavy atom. The van der Waals surface area contributed by atoms with Crippen LogP contribution in [0.25, 0.3) is 0 Å². The standard InChI is InChI=1S/C16H23ClN2O4S/c1-23-10-9-19(14-7-11-24(21,22)12-14)16(20)18-8-6-13-4-2-3-5-15(13)17/h2-5,14H,6-12H2,1H3,(H,18,20). The summed E-state index contributed by atoms with van der Waals surface area (Å²) < 4.78 is 28.4. The Kier molecular flexibility index (Phi) is 6.89. The van der Waals surface area contributed by atoms with E-state index >= 15 is 0 Å². The quantitative estimate of drug-likeness (QED) is 0.788. The Balaban J connectivity index is 1.91. The average Bonchev–Trinajstić information content (AvgIpc) is 2.89. The van der Waals surface area contributed by atoms with E-state index in [1.54, 1.807) is 12.0 Å². The topological polar surface area (TPSA) is 75.7 Å². The van der Waals surface area contributed by atoms with Crippen LogP contribution in [-0.2, 0) is 21.0 Å². The van der Waals surface area contributed by atoms with Gasteiger partial charge in [-0.2, -0.15) is 0 Å². The third-order valence-electron chi connectivity index (χ3n) is 4.07. The number of carbonyl (C=O) groups is 1. The van der Waals surface area contributed by atoms with Crippen LogP contribution in [0.2, 0.25) is 5.02 Å². The number of carbonyl (C=O) groups excluding carboxylic acids is 1. The second-order valence-electron chi connectivity index (χ2n) is 5.82. The molecule has 134 valence electrons. The minimum atomic E-state index is -3.05. The minimum absolute atomic E-state index is 0.0225. The average molecular weight is 375 g/mol. The van der Waals surface area contributed by atoms with Crippen molar-refractivity contribution in [1.82, 2.24) is 10.2 Å². The van der Waals surface area contributed by atoms with E-state index in [2.05, 4.69) is 5.32 Å². The number of hydrogen-bond donors (Lipinski definition) is 1. The molecule has 1 atom stereocenters. The molecule has 1 aromatic rings. The van der Waals surface area contributed by atoms with E-state index in [-0.39, 0.29) is 23.6 Å². The van der Waals surface area contributed by atoms with E-state index in [0.717, 1.165) is 5.56 Å². The monoisotopic (exact) mass is 374 g/mol. The van der Waals surface area contributed by atoms with Gasteiger partial charge in [0.2, 0.25) is 0 Å². The molecule has 0 saturated carbocycles. The van der Waals surface area contributed by atoms with Gasteiger partial charge in [-0.05, 0) is 24.5 Å². The van der Waals surface area contributed by atoms with Gasteiger partial charge >= 0.3 is 6.03 Å². The highest BCUT2D eigenvalue weighted by Crippen LogP contribution is 2.18. The summed E-state index contributed by atoms with van der Waals surface area (Å²) in [5.74, 6) is 0.155. The van der Waals surface area contributed by atoms with Crippen molar-refractivity contribution >= 4 is 27.5 Å². The third kappa shape index (κ3) is 5.36. The fourth-order valence-corrected chi connectivity index (χ4v) is 4.73. The van der Waals surface area contributed by atoms with Crippen LogP contribution in [0.15, 0.2) is 24.3 Å². The number of nitrogens with zero attached hydrogens (tertiary/aromatic N) is 1. The van der Waals surface area contributed by atoms with Crippen molar-refractivity contribution in [3.63, 3.8) is 0 Å². The molecule has 0 bridgehead atoms. The highest BCUT2D eigenvalue weighted by Gasteiger charge is 2.34. The van der Waals surface area contributed by atoms with Crippen molar-refractivity contribution in [3.8, 4) is 0 Å². The summed E-state index contributed by atoms with van der Waals surface area (Å²) in [6.45, 7) is 1.18. The van der Waals surface area contributed by atoms with Crippen LogP contribution in [0.5, 0.6) is 0 Å². The second-order valence-corrected chi connectivity index (χ2v) is 8.45. The number of hydrogen-bond acceptors (Lipinski definition) is 4. The van der Waals surface area contributed by atoms with E-state index in [1.165, 1.54) is 0 Å². The van der Waals surface area contributed by atoms with Gasteiger partial charge in [0.1, 0.15) is 0 Å². The number of methoxy groups -OCH3 is 1. The number of urea groups is 1. The zero-order chi connectivity index (χ0) is 17.6. The number of benzene rings is 1. The molecule has 1 unspecified atom stereocenters. The summed E-state index contributed by atoms with van der Waals surface area (Å²) in [6, 6.07) is 6.94. The summed E-state index contributed by atoms with van der Waals surface area (Å²) in [5.41, 5.74) is 0.964. The molecule has 1 N–H and O–H groups in total. The molecule has 1 heterocycles. The molecule has 1 saturated heterocycles. The zero-order valence-corrected chi connectivity index (χ0v) is 15.3. The van der Waals surface area contributed by atoms with E-state index in [4.69, 9.17) is 16.3 Å². The fourth-order valence-electron chi connectivity index (χ4n) is 2.77. The Hall–Kier alpha value is -1.31. The van der Waals surface area contributed by atoms with Gasteiger partial charge in [0.15, 0.2) is 9.84 Å². The molecule has 1 aliphatic rings. The first kappa shape index (κ1) is 19.0. The molecule has 0 aliphatic carbocycles. The predicted octanol–water partition coefficient (Wildman–Crippen LogP) is 1.73. The molecule has 24 heavy (non-hydrogen) atoms. The van der Waals surface area contributed by atoms with Crippen molar-refractivity contribution in [2.75, 3.05) is 38.3 Å². The number of rotatable bonds is 7. The van der Waals surface area contributed by atoms with Gasteiger partial charge in [-0.15, -0.1) is 0 Å². The molecule has 2 rings (SSSR count). The molecule has 6 nitrogen and oxygen atoms in total. The maximum atomic E-state index is 12.5. The van der Waals surface area contributed by atoms with Crippen molar-refractivity contribution in [2.24, 2.45) is 0 Å². The number of amides is 2. The summed E-state index contributed by atoms with van der Waals surface area (Å²) in [6.07, 6.45) is 1.09. The van der Waals surface area contributed by atoms with Crippen LogP contribution < -0.4 is 5.32 Å². The molecule has 2 amide bonds. The summed E-state index contributed by atoms with van der Waals surface area (Å²) >= 11 is 6.10. The minimum Gasteiger partial charge on any atom is -0.383 e. The van der Waals surface area contributed by atoms with Gasteiger partial charge in [0.05, 0.1) is 18.1 Å². The lowest BCUT2D eigenvalue weighted by Crippen LogP contribution is -2.48. The number of nitrogens with one attached hydrogen (secondary N) is 1. The third-order valence-corrected chi connectivity index (χ3v) is 6.19.